The van der Waals surface area contributed by atoms with Crippen LogP contribution in [-0.2, 0) is 9.59 Å². The third-order valence-electron chi connectivity index (χ3n) is 3.56. The van der Waals surface area contributed by atoms with Crippen molar-refractivity contribution in [2.75, 3.05) is 19.0 Å². The van der Waals surface area contributed by atoms with Gasteiger partial charge >= 0.3 is 0 Å². The van der Waals surface area contributed by atoms with E-state index in [1.54, 1.807) is 32.0 Å². The first-order valence-electron chi connectivity index (χ1n) is 7.66. The summed E-state index contributed by atoms with van der Waals surface area (Å²) in [5.41, 5.74) is -0.588. The molecule has 5 heteroatoms. The lowest BCUT2D eigenvalue weighted by Gasteiger charge is -2.23. The van der Waals surface area contributed by atoms with Crippen molar-refractivity contribution in [1.29, 1.82) is 0 Å². The summed E-state index contributed by atoms with van der Waals surface area (Å²) in [6, 6.07) is 7.12. The zero-order valence-electron chi connectivity index (χ0n) is 13.9. The number of carbonyl (C=O) groups excluding carboxylic acids is 2. The van der Waals surface area contributed by atoms with E-state index in [1.165, 1.54) is 7.11 Å². The molecule has 0 bridgehead atoms. The fourth-order valence-electron chi connectivity index (χ4n) is 1.93. The molecule has 0 radical (unpaired) electrons. The number of carbonyl (C=O) groups is 2. The van der Waals surface area contributed by atoms with E-state index >= 15 is 0 Å². The highest BCUT2D eigenvalue weighted by atomic mass is 16.5. The molecule has 0 aliphatic heterocycles. The number of unbranched alkanes of at least 4 members (excludes halogenated alkanes) is 2. The quantitative estimate of drug-likeness (QED) is 0.573. The van der Waals surface area contributed by atoms with E-state index in [0.29, 0.717) is 18.0 Å². The molecule has 0 unspecified atom stereocenters. The molecule has 0 aliphatic rings. The number of amides is 2. The number of hydrogen-bond donors (Lipinski definition) is 2. The van der Waals surface area contributed by atoms with Crippen molar-refractivity contribution in [3.05, 3.63) is 24.3 Å². The molecule has 0 saturated carbocycles. The van der Waals surface area contributed by atoms with Gasteiger partial charge in [-0.15, -0.1) is 0 Å². The summed E-state index contributed by atoms with van der Waals surface area (Å²) < 4.78 is 5.20. The van der Waals surface area contributed by atoms with Crippen LogP contribution in [0.5, 0.6) is 5.75 Å². The topological polar surface area (TPSA) is 67.4 Å². The number of hydrogen-bond acceptors (Lipinski definition) is 3. The molecule has 0 heterocycles. The summed E-state index contributed by atoms with van der Waals surface area (Å²) in [5.74, 6) is -0.0593. The van der Waals surface area contributed by atoms with Crippen molar-refractivity contribution in [1.82, 2.24) is 5.32 Å². The minimum atomic E-state index is -1.15. The van der Waals surface area contributed by atoms with E-state index in [1.807, 2.05) is 6.07 Å². The summed E-state index contributed by atoms with van der Waals surface area (Å²) in [6.45, 7) is 5.93. The van der Waals surface area contributed by atoms with Crippen molar-refractivity contribution < 1.29 is 14.3 Å². The Morgan fingerprint density at radius 3 is 2.45 bits per heavy atom. The lowest BCUT2D eigenvalue weighted by molar-refractivity contribution is -0.138. The van der Waals surface area contributed by atoms with Crippen LogP contribution in [0.1, 0.15) is 40.0 Å². The van der Waals surface area contributed by atoms with Gasteiger partial charge in [0, 0.05) is 6.54 Å². The number of para-hydroxylation sites is 2. The van der Waals surface area contributed by atoms with Crippen LogP contribution in [0.15, 0.2) is 24.3 Å². The maximum Gasteiger partial charge on any atom is 0.239 e. The van der Waals surface area contributed by atoms with E-state index in [2.05, 4.69) is 17.6 Å². The van der Waals surface area contributed by atoms with Crippen LogP contribution in [0.25, 0.3) is 0 Å². The third-order valence-corrected chi connectivity index (χ3v) is 3.56. The van der Waals surface area contributed by atoms with Crippen LogP contribution in [0.4, 0.5) is 5.69 Å². The number of nitrogens with one attached hydrogen (secondary N) is 2. The molecular formula is C17H26N2O3. The molecule has 0 atom stereocenters. The average Bonchev–Trinajstić information content (AvgIpc) is 2.51. The predicted molar refractivity (Wildman–Crippen MR) is 87.9 cm³/mol. The highest BCUT2D eigenvalue weighted by molar-refractivity contribution is 6.10. The molecule has 0 aliphatic carbocycles. The van der Waals surface area contributed by atoms with Crippen LogP contribution < -0.4 is 15.4 Å². The first-order valence-corrected chi connectivity index (χ1v) is 7.66. The number of ether oxygens (including phenoxy) is 1. The summed E-state index contributed by atoms with van der Waals surface area (Å²) >= 11 is 0. The highest BCUT2D eigenvalue weighted by Crippen LogP contribution is 2.26. The zero-order valence-corrected chi connectivity index (χ0v) is 13.9. The van der Waals surface area contributed by atoms with E-state index < -0.39 is 5.41 Å². The van der Waals surface area contributed by atoms with Gasteiger partial charge < -0.3 is 15.4 Å². The summed E-state index contributed by atoms with van der Waals surface area (Å²) in [5, 5.41) is 5.58. The minimum absolute atomic E-state index is 0.268. The van der Waals surface area contributed by atoms with Gasteiger partial charge in [0.25, 0.3) is 0 Å². The number of rotatable bonds is 8. The lowest BCUT2D eigenvalue weighted by atomic mass is 9.91. The summed E-state index contributed by atoms with van der Waals surface area (Å²) in [6.07, 6.45) is 3.08. The van der Waals surface area contributed by atoms with Gasteiger partial charge in [-0.05, 0) is 32.4 Å². The molecule has 1 rings (SSSR count). The van der Waals surface area contributed by atoms with Gasteiger partial charge in [0.15, 0.2) is 0 Å². The smallest absolute Gasteiger partial charge is 0.239 e. The zero-order chi connectivity index (χ0) is 16.6. The normalized spacial score (nSPS) is 10.9. The van der Waals surface area contributed by atoms with Crippen molar-refractivity contribution in [2.45, 2.75) is 40.0 Å². The SMILES string of the molecule is CCCCCNC(=O)C(C)(C)C(=O)Nc1ccccc1OC. The maximum atomic E-state index is 12.4. The summed E-state index contributed by atoms with van der Waals surface area (Å²) in [4.78, 5) is 24.6. The largest absolute Gasteiger partial charge is 0.495 e. The first-order chi connectivity index (χ1) is 10.4. The van der Waals surface area contributed by atoms with Crippen LogP contribution in [0.2, 0.25) is 0 Å². The van der Waals surface area contributed by atoms with Gasteiger partial charge in [0.2, 0.25) is 11.8 Å². The van der Waals surface area contributed by atoms with E-state index in [-0.39, 0.29) is 11.8 Å². The molecule has 0 fully saturated rings. The van der Waals surface area contributed by atoms with Crippen molar-refractivity contribution >= 4 is 17.5 Å². The van der Waals surface area contributed by atoms with Crippen molar-refractivity contribution in [2.24, 2.45) is 5.41 Å². The molecule has 0 aromatic heterocycles. The van der Waals surface area contributed by atoms with Gasteiger partial charge in [0.1, 0.15) is 11.2 Å². The maximum absolute atomic E-state index is 12.4. The van der Waals surface area contributed by atoms with E-state index in [0.717, 1.165) is 19.3 Å². The Bertz CT molecular complexity index is 512. The Labute approximate surface area is 132 Å². The second-order valence-corrected chi connectivity index (χ2v) is 5.74. The van der Waals surface area contributed by atoms with Gasteiger partial charge in [-0.25, -0.2) is 0 Å². The first kappa shape index (κ1) is 18.0. The Kier molecular flexibility index (Phi) is 6.89. The Hall–Kier alpha value is -2.04. The predicted octanol–water partition coefficient (Wildman–Crippen LogP) is 2.97. The molecule has 122 valence electrons. The molecule has 2 amide bonds. The molecule has 0 spiro atoms. The molecule has 1 aromatic carbocycles. The fraction of sp³-hybridized carbons (Fsp3) is 0.529. The van der Waals surface area contributed by atoms with Gasteiger partial charge in [0.05, 0.1) is 12.8 Å². The third kappa shape index (κ3) is 4.76. The molecule has 22 heavy (non-hydrogen) atoms. The Morgan fingerprint density at radius 2 is 1.82 bits per heavy atom. The highest BCUT2D eigenvalue weighted by Gasteiger charge is 2.36. The fourth-order valence-corrected chi connectivity index (χ4v) is 1.93. The van der Waals surface area contributed by atoms with Crippen LogP contribution in [0, 0.1) is 5.41 Å². The van der Waals surface area contributed by atoms with Crippen molar-refractivity contribution in [3.63, 3.8) is 0 Å². The molecule has 5 nitrogen and oxygen atoms in total. The number of benzene rings is 1. The average molecular weight is 306 g/mol. The van der Waals surface area contributed by atoms with E-state index in [4.69, 9.17) is 4.74 Å². The molecule has 0 saturated heterocycles. The summed E-state index contributed by atoms with van der Waals surface area (Å²) in [7, 11) is 1.54. The number of methoxy groups -OCH3 is 1. The van der Waals surface area contributed by atoms with Gasteiger partial charge in [-0.1, -0.05) is 31.9 Å². The van der Waals surface area contributed by atoms with E-state index in [9.17, 15) is 9.59 Å². The standard InChI is InChI=1S/C17H26N2O3/c1-5-6-9-12-18-15(20)17(2,3)16(21)19-13-10-7-8-11-14(13)22-4/h7-8,10-11H,5-6,9,12H2,1-4H3,(H,18,20)(H,19,21). The Balaban J connectivity index is 2.67. The molecule has 1 aromatic rings. The Morgan fingerprint density at radius 1 is 1.14 bits per heavy atom. The van der Waals surface area contributed by atoms with Crippen molar-refractivity contribution in [3.8, 4) is 5.75 Å². The molecular weight excluding hydrogens is 280 g/mol. The van der Waals surface area contributed by atoms with Crippen LogP contribution >= 0.6 is 0 Å². The minimum Gasteiger partial charge on any atom is -0.495 e. The second kappa shape index (κ2) is 8.41. The van der Waals surface area contributed by atoms with Crippen LogP contribution in [-0.4, -0.2) is 25.5 Å². The molecule has 2 N–H and O–H groups in total. The monoisotopic (exact) mass is 306 g/mol. The van der Waals surface area contributed by atoms with Gasteiger partial charge in [-0.2, -0.15) is 0 Å². The lowest BCUT2D eigenvalue weighted by Crippen LogP contribution is -2.45. The second-order valence-electron chi connectivity index (χ2n) is 5.74. The van der Waals surface area contributed by atoms with Crippen LogP contribution in [0.3, 0.4) is 0 Å². The number of anilines is 1. The van der Waals surface area contributed by atoms with Gasteiger partial charge in [-0.3, -0.25) is 9.59 Å².